The van der Waals surface area contributed by atoms with Crippen molar-refractivity contribution in [2.75, 3.05) is 5.73 Å². The minimum Gasteiger partial charge on any atom is -0.396 e. The van der Waals surface area contributed by atoms with Gasteiger partial charge < -0.3 is 11.5 Å². The van der Waals surface area contributed by atoms with Crippen LogP contribution in [0.2, 0.25) is 0 Å². The van der Waals surface area contributed by atoms with Crippen LogP contribution in [0.4, 0.5) is 5.69 Å². The van der Waals surface area contributed by atoms with Crippen LogP contribution in [0.5, 0.6) is 0 Å². The maximum absolute atomic E-state index is 11.2. The summed E-state index contributed by atoms with van der Waals surface area (Å²) in [5.41, 5.74) is 13.0. The Bertz CT molecular complexity index is 822. The Balaban J connectivity index is 2.21. The van der Waals surface area contributed by atoms with Crippen molar-refractivity contribution in [3.63, 3.8) is 0 Å². The van der Waals surface area contributed by atoms with Gasteiger partial charge in [0.2, 0.25) is 0 Å². The highest BCUT2D eigenvalue weighted by Crippen LogP contribution is 2.20. The molecule has 1 aromatic carbocycles. The standard InChI is InChI=1S/C14H13N5O/c1-8-6-9-4-2-3-5-11(9)17-14(8)19-7-10(15)12(18-19)13(16)20/h2-7H,15H2,1H3,(H2,16,20). The fraction of sp³-hybridized carbons (Fsp3) is 0.0714. The van der Waals surface area contributed by atoms with Gasteiger partial charge in [-0.2, -0.15) is 5.10 Å². The second-order valence-electron chi connectivity index (χ2n) is 4.56. The maximum Gasteiger partial charge on any atom is 0.271 e. The Morgan fingerprint density at radius 2 is 2.05 bits per heavy atom. The third kappa shape index (κ3) is 1.87. The average molecular weight is 267 g/mol. The number of hydrogen-bond donors (Lipinski definition) is 2. The number of para-hydroxylation sites is 1. The molecule has 3 aromatic rings. The number of benzene rings is 1. The van der Waals surface area contributed by atoms with E-state index in [4.69, 9.17) is 11.5 Å². The first-order chi connectivity index (χ1) is 9.56. The third-order valence-electron chi connectivity index (χ3n) is 3.08. The summed E-state index contributed by atoms with van der Waals surface area (Å²) in [6.07, 6.45) is 1.55. The molecular weight excluding hydrogens is 254 g/mol. The second-order valence-corrected chi connectivity index (χ2v) is 4.56. The SMILES string of the molecule is Cc1cc2ccccc2nc1-n1cc(N)c(C(N)=O)n1. The largest absolute Gasteiger partial charge is 0.396 e. The number of aryl methyl sites for hydroxylation is 1. The van der Waals surface area contributed by atoms with Crippen molar-refractivity contribution in [3.05, 3.63) is 47.8 Å². The summed E-state index contributed by atoms with van der Waals surface area (Å²) < 4.78 is 1.48. The number of amides is 1. The first-order valence-corrected chi connectivity index (χ1v) is 6.08. The molecule has 0 saturated carbocycles. The molecule has 0 radical (unpaired) electrons. The number of carbonyl (C=O) groups is 1. The van der Waals surface area contributed by atoms with Crippen LogP contribution in [-0.2, 0) is 0 Å². The van der Waals surface area contributed by atoms with E-state index in [1.807, 2.05) is 37.3 Å². The lowest BCUT2D eigenvalue weighted by atomic mass is 10.1. The van der Waals surface area contributed by atoms with Crippen molar-refractivity contribution in [3.8, 4) is 5.82 Å². The molecule has 3 rings (SSSR count). The first-order valence-electron chi connectivity index (χ1n) is 6.08. The number of rotatable bonds is 2. The van der Waals surface area contributed by atoms with Crippen molar-refractivity contribution in [2.45, 2.75) is 6.92 Å². The lowest BCUT2D eigenvalue weighted by molar-refractivity contribution is 0.0996. The van der Waals surface area contributed by atoms with Crippen LogP contribution < -0.4 is 11.5 Å². The summed E-state index contributed by atoms with van der Waals surface area (Å²) in [7, 11) is 0. The van der Waals surface area contributed by atoms with E-state index in [0.717, 1.165) is 16.5 Å². The lowest BCUT2D eigenvalue weighted by Crippen LogP contribution is -2.14. The Morgan fingerprint density at radius 1 is 1.30 bits per heavy atom. The van der Waals surface area contributed by atoms with Gasteiger partial charge in [0, 0.05) is 5.39 Å². The van der Waals surface area contributed by atoms with E-state index in [0.29, 0.717) is 5.82 Å². The number of aromatic nitrogens is 3. The van der Waals surface area contributed by atoms with E-state index in [-0.39, 0.29) is 11.4 Å². The predicted octanol–water partition coefficient (Wildman–Crippen LogP) is 1.41. The molecule has 0 aliphatic rings. The molecule has 2 heterocycles. The van der Waals surface area contributed by atoms with Crippen LogP contribution in [0.3, 0.4) is 0 Å². The first kappa shape index (κ1) is 12.2. The number of anilines is 1. The van der Waals surface area contributed by atoms with Gasteiger partial charge in [0.15, 0.2) is 11.5 Å². The number of carbonyl (C=O) groups excluding carboxylic acids is 1. The summed E-state index contributed by atoms with van der Waals surface area (Å²) >= 11 is 0. The van der Waals surface area contributed by atoms with Gasteiger partial charge in [0.1, 0.15) is 0 Å². The van der Waals surface area contributed by atoms with Gasteiger partial charge >= 0.3 is 0 Å². The lowest BCUT2D eigenvalue weighted by Gasteiger charge is -2.06. The molecule has 6 heteroatoms. The number of hydrogen-bond acceptors (Lipinski definition) is 4. The van der Waals surface area contributed by atoms with E-state index >= 15 is 0 Å². The summed E-state index contributed by atoms with van der Waals surface area (Å²) in [6.45, 7) is 1.93. The smallest absolute Gasteiger partial charge is 0.271 e. The van der Waals surface area contributed by atoms with Crippen molar-refractivity contribution >= 4 is 22.5 Å². The van der Waals surface area contributed by atoms with Crippen molar-refractivity contribution < 1.29 is 4.79 Å². The molecule has 1 amide bonds. The Kier molecular flexibility index (Phi) is 2.64. The molecule has 100 valence electrons. The topological polar surface area (TPSA) is 99.8 Å². The highest BCUT2D eigenvalue weighted by atomic mass is 16.1. The molecule has 0 spiro atoms. The number of nitrogens with zero attached hydrogens (tertiary/aromatic N) is 3. The number of fused-ring (bicyclic) bond motifs is 1. The van der Waals surface area contributed by atoms with Crippen LogP contribution in [0.15, 0.2) is 36.5 Å². The van der Waals surface area contributed by atoms with Crippen LogP contribution in [0, 0.1) is 6.92 Å². The van der Waals surface area contributed by atoms with E-state index in [1.54, 1.807) is 6.20 Å². The zero-order chi connectivity index (χ0) is 14.3. The molecule has 0 fully saturated rings. The Morgan fingerprint density at radius 3 is 2.75 bits per heavy atom. The molecule has 0 bridgehead atoms. The number of primary amides is 1. The van der Waals surface area contributed by atoms with Gasteiger partial charge in [0.25, 0.3) is 5.91 Å². The minimum atomic E-state index is -0.653. The molecule has 0 aliphatic carbocycles. The number of pyridine rings is 1. The Hall–Kier alpha value is -2.89. The van der Waals surface area contributed by atoms with Gasteiger partial charge in [-0.3, -0.25) is 4.79 Å². The third-order valence-corrected chi connectivity index (χ3v) is 3.08. The summed E-state index contributed by atoms with van der Waals surface area (Å²) in [6, 6.07) is 9.80. The number of nitrogens with two attached hydrogens (primary N) is 2. The normalized spacial score (nSPS) is 10.8. The Labute approximate surface area is 115 Å². The van der Waals surface area contributed by atoms with Gasteiger partial charge in [0.05, 0.1) is 17.4 Å². The van der Waals surface area contributed by atoms with Crippen LogP contribution in [0.1, 0.15) is 16.1 Å². The molecule has 0 aliphatic heterocycles. The highest BCUT2D eigenvalue weighted by molar-refractivity contribution is 5.95. The molecule has 2 aromatic heterocycles. The molecule has 6 nitrogen and oxygen atoms in total. The van der Waals surface area contributed by atoms with Crippen molar-refractivity contribution in [2.24, 2.45) is 5.73 Å². The van der Waals surface area contributed by atoms with Gasteiger partial charge in [-0.05, 0) is 24.6 Å². The van der Waals surface area contributed by atoms with E-state index in [1.165, 1.54) is 4.68 Å². The van der Waals surface area contributed by atoms with Crippen LogP contribution >= 0.6 is 0 Å². The molecule has 4 N–H and O–H groups in total. The molecule has 0 atom stereocenters. The second kappa shape index (κ2) is 4.34. The van der Waals surface area contributed by atoms with Crippen LogP contribution in [0.25, 0.3) is 16.7 Å². The summed E-state index contributed by atoms with van der Waals surface area (Å²) in [5, 5.41) is 5.15. The molecular formula is C14H13N5O. The van der Waals surface area contributed by atoms with Gasteiger partial charge in [-0.15, -0.1) is 0 Å². The average Bonchev–Trinajstić information content (AvgIpc) is 2.80. The van der Waals surface area contributed by atoms with E-state index < -0.39 is 5.91 Å². The van der Waals surface area contributed by atoms with Crippen molar-refractivity contribution in [1.82, 2.24) is 14.8 Å². The number of nitrogen functional groups attached to an aromatic ring is 1. The highest BCUT2D eigenvalue weighted by Gasteiger charge is 2.14. The summed E-state index contributed by atoms with van der Waals surface area (Å²) in [4.78, 5) is 15.8. The predicted molar refractivity (Wildman–Crippen MR) is 76.5 cm³/mol. The maximum atomic E-state index is 11.2. The molecule has 0 saturated heterocycles. The quantitative estimate of drug-likeness (QED) is 0.733. The minimum absolute atomic E-state index is 0.0550. The molecule has 20 heavy (non-hydrogen) atoms. The van der Waals surface area contributed by atoms with Gasteiger partial charge in [-0.25, -0.2) is 9.67 Å². The summed E-state index contributed by atoms with van der Waals surface area (Å²) in [5.74, 6) is -0.0254. The zero-order valence-electron chi connectivity index (χ0n) is 10.9. The van der Waals surface area contributed by atoms with Crippen LogP contribution in [-0.4, -0.2) is 20.7 Å². The fourth-order valence-corrected chi connectivity index (χ4v) is 2.13. The molecule has 0 unspecified atom stereocenters. The van der Waals surface area contributed by atoms with E-state index in [2.05, 4.69) is 10.1 Å². The fourth-order valence-electron chi connectivity index (χ4n) is 2.13. The van der Waals surface area contributed by atoms with Crippen molar-refractivity contribution in [1.29, 1.82) is 0 Å². The van der Waals surface area contributed by atoms with E-state index in [9.17, 15) is 4.79 Å². The zero-order valence-corrected chi connectivity index (χ0v) is 10.9. The van der Waals surface area contributed by atoms with Gasteiger partial charge in [-0.1, -0.05) is 18.2 Å². The monoisotopic (exact) mass is 267 g/mol.